The van der Waals surface area contributed by atoms with Crippen LogP contribution < -0.4 is 0 Å². The van der Waals surface area contributed by atoms with Crippen molar-refractivity contribution in [1.29, 1.82) is 0 Å². The van der Waals surface area contributed by atoms with E-state index in [9.17, 15) is 0 Å². The van der Waals surface area contributed by atoms with Crippen molar-refractivity contribution in [1.82, 2.24) is 0 Å². The summed E-state index contributed by atoms with van der Waals surface area (Å²) >= 11 is 6.28. The van der Waals surface area contributed by atoms with E-state index in [1.54, 1.807) is 0 Å². The summed E-state index contributed by atoms with van der Waals surface area (Å²) in [5, 5.41) is 7.78. The molecule has 28 heavy (non-hydrogen) atoms. The van der Waals surface area contributed by atoms with Gasteiger partial charge in [0.15, 0.2) is 0 Å². The molecule has 0 fully saturated rings. The Morgan fingerprint density at radius 2 is 1.29 bits per heavy atom. The van der Waals surface area contributed by atoms with Gasteiger partial charge in [-0.15, -0.1) is 0 Å². The lowest BCUT2D eigenvalue weighted by Crippen LogP contribution is -1.85. The van der Waals surface area contributed by atoms with Crippen LogP contribution in [0.3, 0.4) is 0 Å². The molecule has 0 bridgehead atoms. The molecule has 6 rings (SSSR count). The smallest absolute Gasteiger partial charge is 0.136 e. The van der Waals surface area contributed by atoms with E-state index in [1.165, 1.54) is 32.7 Å². The highest BCUT2D eigenvalue weighted by atomic mass is 35.5. The molecule has 0 aliphatic heterocycles. The molecule has 0 N–H and O–H groups in total. The van der Waals surface area contributed by atoms with E-state index in [0.29, 0.717) is 0 Å². The molecule has 0 unspecified atom stereocenters. The van der Waals surface area contributed by atoms with Crippen molar-refractivity contribution in [2.24, 2.45) is 0 Å². The predicted molar refractivity (Wildman–Crippen MR) is 119 cm³/mol. The third kappa shape index (κ3) is 2.20. The van der Waals surface area contributed by atoms with E-state index in [0.717, 1.165) is 27.0 Å². The molecule has 1 heterocycles. The Labute approximate surface area is 166 Å². The molecule has 0 aliphatic rings. The molecule has 6 aromatic rings. The normalized spacial score (nSPS) is 11.8. The van der Waals surface area contributed by atoms with Gasteiger partial charge in [-0.3, -0.25) is 0 Å². The highest BCUT2D eigenvalue weighted by Crippen LogP contribution is 2.42. The molecule has 0 saturated heterocycles. The van der Waals surface area contributed by atoms with Crippen LogP contribution in [0.25, 0.3) is 54.6 Å². The molecule has 1 aromatic heterocycles. The zero-order chi connectivity index (χ0) is 18.7. The van der Waals surface area contributed by atoms with Gasteiger partial charge < -0.3 is 4.42 Å². The van der Waals surface area contributed by atoms with Gasteiger partial charge in [-0.05, 0) is 56.9 Å². The van der Waals surface area contributed by atoms with Crippen molar-refractivity contribution in [3.05, 3.63) is 96.0 Å². The van der Waals surface area contributed by atoms with Crippen molar-refractivity contribution in [2.75, 3.05) is 0 Å². The van der Waals surface area contributed by atoms with Crippen LogP contribution in [0.1, 0.15) is 0 Å². The molecule has 1 nitrogen and oxygen atoms in total. The first-order valence-electron chi connectivity index (χ1n) is 9.31. The predicted octanol–water partition coefficient (Wildman–Crippen LogP) is 8.21. The number of hydrogen-bond acceptors (Lipinski definition) is 1. The standard InChI is InChI=1S/C26H15ClO/c27-17-12-13-24-23(14-17)26-21-10-4-3-9-20(21)22(15-25(26)28-24)19-11-5-7-16-6-1-2-8-18(16)19/h1-15H. The molecule has 0 spiro atoms. The molecule has 0 amide bonds. The van der Waals surface area contributed by atoms with Gasteiger partial charge in [0.05, 0.1) is 0 Å². The summed E-state index contributed by atoms with van der Waals surface area (Å²) in [6.07, 6.45) is 0. The van der Waals surface area contributed by atoms with Gasteiger partial charge in [-0.25, -0.2) is 0 Å². The fourth-order valence-corrected chi connectivity index (χ4v) is 4.47. The van der Waals surface area contributed by atoms with E-state index >= 15 is 0 Å². The maximum Gasteiger partial charge on any atom is 0.136 e. The van der Waals surface area contributed by atoms with E-state index in [2.05, 4.69) is 72.8 Å². The SMILES string of the molecule is Clc1ccc2oc3cc(-c4cccc5ccccc45)c4ccccc4c3c2c1. The maximum atomic E-state index is 6.28. The van der Waals surface area contributed by atoms with Gasteiger partial charge in [0.1, 0.15) is 11.2 Å². The van der Waals surface area contributed by atoms with Gasteiger partial charge in [0.2, 0.25) is 0 Å². The molecule has 2 heteroatoms. The molecule has 0 saturated carbocycles. The van der Waals surface area contributed by atoms with Crippen molar-refractivity contribution >= 4 is 55.1 Å². The van der Waals surface area contributed by atoms with Crippen LogP contribution in [0.2, 0.25) is 5.02 Å². The number of hydrogen-bond donors (Lipinski definition) is 0. The Bertz CT molecular complexity index is 1520. The average Bonchev–Trinajstić information content (AvgIpc) is 3.10. The summed E-state index contributed by atoms with van der Waals surface area (Å²) in [5.41, 5.74) is 4.15. The van der Waals surface area contributed by atoms with Crippen LogP contribution >= 0.6 is 11.6 Å². The maximum absolute atomic E-state index is 6.28. The quantitative estimate of drug-likeness (QED) is 0.281. The third-order valence-electron chi connectivity index (χ3n) is 5.52. The highest BCUT2D eigenvalue weighted by Gasteiger charge is 2.16. The van der Waals surface area contributed by atoms with Crippen molar-refractivity contribution in [3.8, 4) is 11.1 Å². The summed E-state index contributed by atoms with van der Waals surface area (Å²) in [4.78, 5) is 0. The zero-order valence-electron chi connectivity index (χ0n) is 14.9. The lowest BCUT2D eigenvalue weighted by Gasteiger charge is -2.11. The van der Waals surface area contributed by atoms with E-state index in [1.807, 2.05) is 18.2 Å². The Morgan fingerprint density at radius 1 is 0.536 bits per heavy atom. The minimum absolute atomic E-state index is 0.720. The molecular formula is C26H15ClO. The average molecular weight is 379 g/mol. The minimum atomic E-state index is 0.720. The van der Waals surface area contributed by atoms with Crippen molar-refractivity contribution < 1.29 is 4.42 Å². The summed E-state index contributed by atoms with van der Waals surface area (Å²) in [6, 6.07) is 31.5. The van der Waals surface area contributed by atoms with Gasteiger partial charge in [-0.2, -0.15) is 0 Å². The summed E-state index contributed by atoms with van der Waals surface area (Å²) < 4.78 is 6.23. The van der Waals surface area contributed by atoms with Crippen LogP contribution in [-0.4, -0.2) is 0 Å². The lowest BCUT2D eigenvalue weighted by atomic mass is 9.92. The van der Waals surface area contributed by atoms with Gasteiger partial charge >= 0.3 is 0 Å². The number of rotatable bonds is 1. The Balaban J connectivity index is 1.82. The van der Waals surface area contributed by atoms with Gasteiger partial charge in [-0.1, -0.05) is 78.3 Å². The second-order valence-electron chi connectivity index (χ2n) is 7.11. The van der Waals surface area contributed by atoms with Crippen LogP contribution in [0.15, 0.2) is 95.4 Å². The molecule has 132 valence electrons. The summed E-state index contributed by atoms with van der Waals surface area (Å²) in [7, 11) is 0. The van der Waals surface area contributed by atoms with Crippen molar-refractivity contribution in [3.63, 3.8) is 0 Å². The lowest BCUT2D eigenvalue weighted by molar-refractivity contribution is 0.669. The fourth-order valence-electron chi connectivity index (χ4n) is 4.30. The zero-order valence-corrected chi connectivity index (χ0v) is 15.7. The van der Waals surface area contributed by atoms with Crippen LogP contribution in [-0.2, 0) is 0 Å². The monoisotopic (exact) mass is 378 g/mol. The van der Waals surface area contributed by atoms with E-state index < -0.39 is 0 Å². The largest absolute Gasteiger partial charge is 0.456 e. The highest BCUT2D eigenvalue weighted by molar-refractivity contribution is 6.32. The molecule has 0 aliphatic carbocycles. The van der Waals surface area contributed by atoms with Crippen LogP contribution in [0.4, 0.5) is 0 Å². The number of benzene rings is 5. The number of fused-ring (bicyclic) bond motifs is 6. The minimum Gasteiger partial charge on any atom is -0.456 e. The van der Waals surface area contributed by atoms with Crippen molar-refractivity contribution in [2.45, 2.75) is 0 Å². The number of halogens is 1. The first-order valence-corrected chi connectivity index (χ1v) is 9.69. The summed E-state index contributed by atoms with van der Waals surface area (Å²) in [5.74, 6) is 0. The molecule has 0 radical (unpaired) electrons. The molecular weight excluding hydrogens is 364 g/mol. The van der Waals surface area contributed by atoms with E-state index in [4.69, 9.17) is 16.0 Å². The van der Waals surface area contributed by atoms with E-state index in [-0.39, 0.29) is 0 Å². The summed E-state index contributed by atoms with van der Waals surface area (Å²) in [6.45, 7) is 0. The molecule has 0 atom stereocenters. The first-order chi connectivity index (χ1) is 13.8. The Hall–Kier alpha value is -3.29. The topological polar surface area (TPSA) is 13.1 Å². The molecule has 5 aromatic carbocycles. The van der Waals surface area contributed by atoms with Crippen LogP contribution in [0.5, 0.6) is 0 Å². The number of furan rings is 1. The second-order valence-corrected chi connectivity index (χ2v) is 7.55. The fraction of sp³-hybridized carbons (Fsp3) is 0. The Kier molecular flexibility index (Phi) is 3.29. The van der Waals surface area contributed by atoms with Gasteiger partial charge in [0, 0.05) is 15.8 Å². The van der Waals surface area contributed by atoms with Gasteiger partial charge in [0.25, 0.3) is 0 Å². The Morgan fingerprint density at radius 3 is 2.18 bits per heavy atom. The van der Waals surface area contributed by atoms with Crippen LogP contribution in [0, 0.1) is 0 Å². The third-order valence-corrected chi connectivity index (χ3v) is 5.75. The first kappa shape index (κ1) is 15.7. The second kappa shape index (κ2) is 5.85.